The summed E-state index contributed by atoms with van der Waals surface area (Å²) in [7, 11) is 1.57. The highest BCUT2D eigenvalue weighted by molar-refractivity contribution is 5.44. The van der Waals surface area contributed by atoms with E-state index in [0.29, 0.717) is 12.3 Å². The number of nitro groups is 1. The molecule has 0 N–H and O–H groups in total. The van der Waals surface area contributed by atoms with E-state index in [-0.39, 0.29) is 17.5 Å². The summed E-state index contributed by atoms with van der Waals surface area (Å²) in [4.78, 5) is 13.1. The smallest absolute Gasteiger partial charge is 0.270 e. The number of methoxy groups -OCH3 is 1. The van der Waals surface area contributed by atoms with Crippen molar-refractivity contribution in [1.29, 1.82) is 0 Å². The molecule has 0 saturated heterocycles. The van der Waals surface area contributed by atoms with Crippen molar-refractivity contribution >= 4 is 5.69 Å². The maximum absolute atomic E-state index is 13.5. The van der Waals surface area contributed by atoms with Crippen molar-refractivity contribution in [2.75, 3.05) is 13.7 Å². The standard InChI is InChI=1S/C22H22FN3O3/c1-29-21-10-9-19(26(27)28)14-17(21)15-25-13-3-12-24-11-2-4-20(24)22(25)16-5-7-18(23)8-6-16/h2,4-11,14,22H,3,12-13,15H2,1H3. The summed E-state index contributed by atoms with van der Waals surface area (Å²) >= 11 is 0. The molecule has 150 valence electrons. The van der Waals surface area contributed by atoms with Crippen LogP contribution in [-0.4, -0.2) is 28.0 Å². The molecule has 7 heteroatoms. The minimum Gasteiger partial charge on any atom is -0.496 e. The summed E-state index contributed by atoms with van der Waals surface area (Å²) in [6.45, 7) is 2.18. The molecule has 6 nitrogen and oxygen atoms in total. The van der Waals surface area contributed by atoms with Crippen molar-refractivity contribution in [3.63, 3.8) is 0 Å². The first-order chi connectivity index (χ1) is 14.1. The fourth-order valence-corrected chi connectivity index (χ4v) is 4.06. The van der Waals surface area contributed by atoms with Gasteiger partial charge in [-0.2, -0.15) is 0 Å². The second-order valence-corrected chi connectivity index (χ2v) is 7.16. The quantitative estimate of drug-likeness (QED) is 0.470. The van der Waals surface area contributed by atoms with Crippen molar-refractivity contribution < 1.29 is 14.1 Å². The molecule has 0 fully saturated rings. The van der Waals surface area contributed by atoms with Crippen molar-refractivity contribution in [2.45, 2.75) is 25.6 Å². The fraction of sp³-hybridized carbons (Fsp3) is 0.273. The molecule has 1 unspecified atom stereocenters. The van der Waals surface area contributed by atoms with E-state index in [2.05, 4.69) is 21.7 Å². The van der Waals surface area contributed by atoms with E-state index in [9.17, 15) is 14.5 Å². The average molecular weight is 395 g/mol. The van der Waals surface area contributed by atoms with Gasteiger partial charge >= 0.3 is 0 Å². The first-order valence-corrected chi connectivity index (χ1v) is 9.52. The monoisotopic (exact) mass is 395 g/mol. The highest BCUT2D eigenvalue weighted by Crippen LogP contribution is 2.35. The number of hydrogen-bond donors (Lipinski definition) is 0. The Morgan fingerprint density at radius 1 is 1.17 bits per heavy atom. The molecule has 3 aromatic rings. The van der Waals surface area contributed by atoms with E-state index in [1.807, 2.05) is 6.07 Å². The Morgan fingerprint density at radius 3 is 2.69 bits per heavy atom. The predicted molar refractivity (Wildman–Crippen MR) is 107 cm³/mol. The van der Waals surface area contributed by atoms with Gasteiger partial charge in [0.2, 0.25) is 0 Å². The number of hydrogen-bond acceptors (Lipinski definition) is 4. The topological polar surface area (TPSA) is 60.5 Å². The van der Waals surface area contributed by atoms with Gasteiger partial charge in [-0.3, -0.25) is 15.0 Å². The van der Waals surface area contributed by atoms with Gasteiger partial charge in [0, 0.05) is 49.2 Å². The fourth-order valence-electron chi connectivity index (χ4n) is 4.06. The molecule has 1 aliphatic heterocycles. The molecule has 2 heterocycles. The number of nitrogens with zero attached hydrogens (tertiary/aromatic N) is 3. The number of rotatable bonds is 5. The van der Waals surface area contributed by atoms with Gasteiger partial charge in [-0.05, 0) is 42.3 Å². The van der Waals surface area contributed by atoms with Crippen LogP contribution in [0.1, 0.15) is 29.3 Å². The van der Waals surface area contributed by atoms with Crippen LogP contribution in [0.15, 0.2) is 60.8 Å². The first kappa shape index (κ1) is 19.1. The van der Waals surface area contributed by atoms with Gasteiger partial charge in [-0.1, -0.05) is 12.1 Å². The Hall–Kier alpha value is -3.19. The van der Waals surface area contributed by atoms with Crippen LogP contribution in [0.4, 0.5) is 10.1 Å². The van der Waals surface area contributed by atoms with E-state index in [1.165, 1.54) is 18.2 Å². The molecular formula is C22H22FN3O3. The lowest BCUT2D eigenvalue weighted by molar-refractivity contribution is -0.385. The number of nitro benzene ring substituents is 1. The molecule has 0 bridgehead atoms. The van der Waals surface area contributed by atoms with Crippen LogP contribution < -0.4 is 4.74 Å². The SMILES string of the molecule is COc1ccc([N+](=O)[O-])cc1CN1CCCn2cccc2C1c1ccc(F)cc1. The van der Waals surface area contributed by atoms with Gasteiger partial charge in [-0.15, -0.1) is 0 Å². The zero-order valence-electron chi connectivity index (χ0n) is 16.1. The lowest BCUT2D eigenvalue weighted by Gasteiger charge is -2.31. The average Bonchev–Trinajstić information content (AvgIpc) is 3.10. The van der Waals surface area contributed by atoms with Crippen LogP contribution in [0, 0.1) is 15.9 Å². The van der Waals surface area contributed by atoms with Crippen LogP contribution in [0.2, 0.25) is 0 Å². The Labute approximate surface area is 168 Å². The largest absolute Gasteiger partial charge is 0.496 e. The molecule has 2 aromatic carbocycles. The Kier molecular flexibility index (Phi) is 5.31. The summed E-state index contributed by atoms with van der Waals surface area (Å²) in [5, 5.41) is 11.3. The predicted octanol–water partition coefficient (Wildman–Crippen LogP) is 4.54. The van der Waals surface area contributed by atoms with Crippen molar-refractivity contribution in [1.82, 2.24) is 9.47 Å². The lowest BCUT2D eigenvalue weighted by Crippen LogP contribution is -2.29. The van der Waals surface area contributed by atoms with Crippen molar-refractivity contribution in [2.24, 2.45) is 0 Å². The first-order valence-electron chi connectivity index (χ1n) is 9.52. The van der Waals surface area contributed by atoms with Crippen LogP contribution in [-0.2, 0) is 13.1 Å². The van der Waals surface area contributed by atoms with Crippen molar-refractivity contribution in [3.05, 3.63) is 93.5 Å². The summed E-state index contributed by atoms with van der Waals surface area (Å²) in [6.07, 6.45) is 3.00. The third-order valence-corrected chi connectivity index (χ3v) is 5.39. The number of aryl methyl sites for hydroxylation is 1. The third kappa shape index (κ3) is 3.86. The van der Waals surface area contributed by atoms with Crippen LogP contribution in [0.5, 0.6) is 5.75 Å². The Bertz CT molecular complexity index is 1020. The number of non-ortho nitro benzene ring substituents is 1. The molecular weight excluding hydrogens is 373 g/mol. The molecule has 0 aliphatic carbocycles. The van der Waals surface area contributed by atoms with Gasteiger partial charge in [0.1, 0.15) is 11.6 Å². The van der Waals surface area contributed by atoms with Gasteiger partial charge in [-0.25, -0.2) is 4.39 Å². The van der Waals surface area contributed by atoms with Gasteiger partial charge in [0.05, 0.1) is 18.1 Å². The van der Waals surface area contributed by atoms with E-state index in [0.717, 1.165) is 36.3 Å². The zero-order chi connectivity index (χ0) is 20.4. The number of fused-ring (bicyclic) bond motifs is 1. The number of ether oxygens (including phenoxy) is 1. The molecule has 0 radical (unpaired) electrons. The lowest BCUT2D eigenvalue weighted by atomic mass is 10.0. The number of aromatic nitrogens is 1. The maximum atomic E-state index is 13.5. The van der Waals surface area contributed by atoms with E-state index < -0.39 is 4.92 Å². The molecule has 1 aliphatic rings. The Balaban J connectivity index is 1.76. The minimum absolute atomic E-state index is 0.0392. The van der Waals surface area contributed by atoms with Gasteiger partial charge in [0.25, 0.3) is 5.69 Å². The Morgan fingerprint density at radius 2 is 1.97 bits per heavy atom. The second-order valence-electron chi connectivity index (χ2n) is 7.16. The third-order valence-electron chi connectivity index (χ3n) is 5.39. The van der Waals surface area contributed by atoms with E-state index in [1.54, 1.807) is 31.4 Å². The molecule has 0 amide bonds. The molecule has 0 spiro atoms. The maximum Gasteiger partial charge on any atom is 0.270 e. The molecule has 29 heavy (non-hydrogen) atoms. The van der Waals surface area contributed by atoms with Crippen LogP contribution >= 0.6 is 0 Å². The second kappa shape index (κ2) is 8.05. The highest BCUT2D eigenvalue weighted by atomic mass is 19.1. The number of halogens is 1. The van der Waals surface area contributed by atoms with Crippen molar-refractivity contribution in [3.8, 4) is 5.75 Å². The van der Waals surface area contributed by atoms with Crippen LogP contribution in [0.25, 0.3) is 0 Å². The van der Waals surface area contributed by atoms with Gasteiger partial charge < -0.3 is 9.30 Å². The van der Waals surface area contributed by atoms with Gasteiger partial charge in [0.15, 0.2) is 0 Å². The summed E-state index contributed by atoms with van der Waals surface area (Å²) in [5.74, 6) is 0.345. The normalized spacial score (nSPS) is 16.8. The minimum atomic E-state index is -0.395. The number of benzene rings is 2. The molecule has 1 atom stereocenters. The zero-order valence-corrected chi connectivity index (χ0v) is 16.1. The highest BCUT2D eigenvalue weighted by Gasteiger charge is 2.28. The summed E-state index contributed by atoms with van der Waals surface area (Å²) in [6, 6.07) is 15.2. The molecule has 1 aromatic heterocycles. The summed E-state index contributed by atoms with van der Waals surface area (Å²) < 4.78 is 21.2. The van der Waals surface area contributed by atoms with E-state index in [4.69, 9.17) is 4.74 Å². The molecule has 0 saturated carbocycles. The van der Waals surface area contributed by atoms with Crippen LogP contribution in [0.3, 0.4) is 0 Å². The summed E-state index contributed by atoms with van der Waals surface area (Å²) in [5.41, 5.74) is 2.90. The van der Waals surface area contributed by atoms with E-state index >= 15 is 0 Å². The molecule has 4 rings (SSSR count).